The van der Waals surface area contributed by atoms with E-state index in [-0.39, 0.29) is 23.4 Å². The molecule has 0 heterocycles. The zero-order valence-electron chi connectivity index (χ0n) is 14.5. The maximum atomic E-state index is 10.9. The molecule has 0 N–H and O–H groups in total. The first-order valence-electron chi connectivity index (χ1n) is 6.46. The standard InChI is InChI=1S/2C7H15NO2/c2*1-7(2,3)10-6(9)8(4)5/h2*1-5H3. The maximum absolute atomic E-state index is 10.9. The average Bonchev–Trinajstić information content (AvgIpc) is 2.12. The zero-order valence-corrected chi connectivity index (χ0v) is 14.5. The molecular formula is C14H30N2O4. The Morgan fingerprint density at radius 2 is 0.850 bits per heavy atom. The van der Waals surface area contributed by atoms with Gasteiger partial charge in [-0.15, -0.1) is 0 Å². The molecule has 0 rings (SSSR count). The zero-order chi connectivity index (χ0) is 16.7. The first-order valence-corrected chi connectivity index (χ1v) is 6.46. The highest BCUT2D eigenvalue weighted by atomic mass is 16.6. The van der Waals surface area contributed by atoms with Crippen LogP contribution in [0.4, 0.5) is 9.59 Å². The summed E-state index contributed by atoms with van der Waals surface area (Å²) in [7, 11) is 6.64. The number of carbonyl (C=O) groups excluding carboxylic acids is 2. The number of rotatable bonds is 0. The minimum Gasteiger partial charge on any atom is -0.444 e. The molecule has 20 heavy (non-hydrogen) atoms. The second-order valence-corrected chi connectivity index (χ2v) is 6.75. The number of hydrogen-bond acceptors (Lipinski definition) is 4. The summed E-state index contributed by atoms with van der Waals surface area (Å²) in [6.07, 6.45) is -0.597. The number of ether oxygens (including phenoxy) is 2. The van der Waals surface area contributed by atoms with Gasteiger partial charge in [0.1, 0.15) is 11.2 Å². The number of amides is 2. The Labute approximate surface area is 123 Å². The van der Waals surface area contributed by atoms with Crippen molar-refractivity contribution in [3.63, 3.8) is 0 Å². The molecule has 0 aromatic carbocycles. The third kappa shape index (κ3) is 14.6. The van der Waals surface area contributed by atoms with E-state index >= 15 is 0 Å². The van der Waals surface area contributed by atoms with Crippen LogP contribution in [0.15, 0.2) is 0 Å². The van der Waals surface area contributed by atoms with Gasteiger partial charge < -0.3 is 19.3 Å². The van der Waals surface area contributed by atoms with E-state index < -0.39 is 0 Å². The molecule has 0 saturated heterocycles. The van der Waals surface area contributed by atoms with E-state index in [2.05, 4.69) is 0 Å². The van der Waals surface area contributed by atoms with Crippen LogP contribution in [0.5, 0.6) is 0 Å². The minimum atomic E-state index is -0.388. The van der Waals surface area contributed by atoms with Gasteiger partial charge in [0, 0.05) is 28.2 Å². The highest BCUT2D eigenvalue weighted by Gasteiger charge is 2.17. The predicted molar refractivity (Wildman–Crippen MR) is 79.8 cm³/mol. The largest absolute Gasteiger partial charge is 0.444 e. The summed E-state index contributed by atoms with van der Waals surface area (Å²) in [6, 6.07) is 0. The second-order valence-electron chi connectivity index (χ2n) is 6.75. The van der Waals surface area contributed by atoms with Gasteiger partial charge in [-0.25, -0.2) is 9.59 Å². The molecule has 0 aromatic rings. The van der Waals surface area contributed by atoms with Crippen LogP contribution in [-0.2, 0) is 9.47 Å². The summed E-state index contributed by atoms with van der Waals surface area (Å²) in [5, 5.41) is 0. The monoisotopic (exact) mass is 290 g/mol. The van der Waals surface area contributed by atoms with E-state index in [9.17, 15) is 9.59 Å². The van der Waals surface area contributed by atoms with Gasteiger partial charge >= 0.3 is 12.2 Å². The average molecular weight is 290 g/mol. The van der Waals surface area contributed by atoms with Crippen molar-refractivity contribution in [2.24, 2.45) is 0 Å². The third-order valence-electron chi connectivity index (χ3n) is 1.52. The smallest absolute Gasteiger partial charge is 0.409 e. The van der Waals surface area contributed by atoms with Crippen LogP contribution >= 0.6 is 0 Å². The van der Waals surface area contributed by atoms with E-state index in [1.54, 1.807) is 28.2 Å². The van der Waals surface area contributed by atoms with E-state index in [1.165, 1.54) is 9.80 Å². The highest BCUT2D eigenvalue weighted by molar-refractivity contribution is 5.67. The molecule has 0 spiro atoms. The van der Waals surface area contributed by atoms with Crippen LogP contribution in [-0.4, -0.2) is 61.4 Å². The van der Waals surface area contributed by atoms with Crippen molar-refractivity contribution in [2.75, 3.05) is 28.2 Å². The quantitative estimate of drug-likeness (QED) is 0.688. The lowest BCUT2D eigenvalue weighted by Gasteiger charge is -2.22. The molecule has 0 atom stereocenters. The lowest BCUT2D eigenvalue weighted by molar-refractivity contribution is 0.0331. The van der Waals surface area contributed by atoms with Crippen LogP contribution in [0.3, 0.4) is 0 Å². The number of carbonyl (C=O) groups is 2. The number of hydrogen-bond donors (Lipinski definition) is 0. The SMILES string of the molecule is CN(C)C(=O)OC(C)(C)C.CN(C)C(=O)OC(C)(C)C. The van der Waals surface area contributed by atoms with Gasteiger partial charge in [-0.2, -0.15) is 0 Å². The van der Waals surface area contributed by atoms with Gasteiger partial charge in [0.15, 0.2) is 0 Å². The molecule has 2 amide bonds. The minimum absolute atomic E-state index is 0.299. The van der Waals surface area contributed by atoms with Gasteiger partial charge in [-0.1, -0.05) is 0 Å². The molecule has 6 nitrogen and oxygen atoms in total. The third-order valence-corrected chi connectivity index (χ3v) is 1.52. The van der Waals surface area contributed by atoms with Crippen molar-refractivity contribution in [1.29, 1.82) is 0 Å². The normalized spacial score (nSPS) is 10.9. The molecule has 0 aliphatic heterocycles. The van der Waals surface area contributed by atoms with Crippen LogP contribution in [0.25, 0.3) is 0 Å². The Kier molecular flexibility index (Phi) is 8.31. The molecule has 0 unspecified atom stereocenters. The van der Waals surface area contributed by atoms with Gasteiger partial charge in [0.05, 0.1) is 0 Å². The Hall–Kier alpha value is -1.46. The predicted octanol–water partition coefficient (Wildman–Crippen LogP) is 2.97. The van der Waals surface area contributed by atoms with E-state index in [0.29, 0.717) is 0 Å². The summed E-state index contributed by atoms with van der Waals surface area (Å²) < 4.78 is 9.97. The molecule has 0 aliphatic rings. The molecule has 120 valence electrons. The summed E-state index contributed by atoms with van der Waals surface area (Å²) in [5.74, 6) is 0. The fourth-order valence-electron chi connectivity index (χ4n) is 0.706. The Balaban J connectivity index is 0. The summed E-state index contributed by atoms with van der Waals surface area (Å²) in [6.45, 7) is 11.0. The first kappa shape index (κ1) is 20.8. The maximum Gasteiger partial charge on any atom is 0.409 e. The summed E-state index contributed by atoms with van der Waals surface area (Å²) in [5.41, 5.74) is -0.775. The molecular weight excluding hydrogens is 260 g/mol. The van der Waals surface area contributed by atoms with E-state index in [0.717, 1.165) is 0 Å². The Morgan fingerprint density at radius 1 is 0.650 bits per heavy atom. The molecule has 0 fully saturated rings. The fourth-order valence-corrected chi connectivity index (χ4v) is 0.706. The van der Waals surface area contributed by atoms with Gasteiger partial charge in [0.2, 0.25) is 0 Å². The van der Waals surface area contributed by atoms with Crippen molar-refractivity contribution in [3.8, 4) is 0 Å². The van der Waals surface area contributed by atoms with Crippen LogP contribution in [0.2, 0.25) is 0 Å². The van der Waals surface area contributed by atoms with Crippen molar-refractivity contribution < 1.29 is 19.1 Å². The topological polar surface area (TPSA) is 59.1 Å². The van der Waals surface area contributed by atoms with Gasteiger partial charge in [-0.05, 0) is 41.5 Å². The van der Waals surface area contributed by atoms with Crippen molar-refractivity contribution in [3.05, 3.63) is 0 Å². The van der Waals surface area contributed by atoms with Crippen LogP contribution in [0.1, 0.15) is 41.5 Å². The van der Waals surface area contributed by atoms with Crippen molar-refractivity contribution in [2.45, 2.75) is 52.7 Å². The van der Waals surface area contributed by atoms with Gasteiger partial charge in [0.25, 0.3) is 0 Å². The van der Waals surface area contributed by atoms with E-state index in [1.807, 2.05) is 41.5 Å². The summed E-state index contributed by atoms with van der Waals surface area (Å²) >= 11 is 0. The molecule has 6 heteroatoms. The molecule has 0 saturated carbocycles. The molecule has 0 bridgehead atoms. The molecule has 0 aromatic heterocycles. The fraction of sp³-hybridized carbons (Fsp3) is 0.857. The van der Waals surface area contributed by atoms with Gasteiger partial charge in [-0.3, -0.25) is 0 Å². The molecule has 0 aliphatic carbocycles. The van der Waals surface area contributed by atoms with E-state index in [4.69, 9.17) is 9.47 Å². The Morgan fingerprint density at radius 3 is 0.900 bits per heavy atom. The van der Waals surface area contributed by atoms with Crippen molar-refractivity contribution >= 4 is 12.2 Å². The molecule has 0 radical (unpaired) electrons. The lowest BCUT2D eigenvalue weighted by Crippen LogP contribution is -2.31. The second kappa shape index (κ2) is 7.97. The number of nitrogens with zero attached hydrogens (tertiary/aromatic N) is 2. The Bertz CT molecular complexity index is 280. The lowest BCUT2D eigenvalue weighted by atomic mass is 10.2. The highest BCUT2D eigenvalue weighted by Crippen LogP contribution is 2.08. The van der Waals surface area contributed by atoms with Crippen molar-refractivity contribution in [1.82, 2.24) is 9.80 Å². The first-order chi connectivity index (χ1) is 8.65. The van der Waals surface area contributed by atoms with Crippen LogP contribution in [0, 0.1) is 0 Å². The summed E-state index contributed by atoms with van der Waals surface area (Å²) in [4.78, 5) is 24.5. The van der Waals surface area contributed by atoms with Crippen LogP contribution < -0.4 is 0 Å².